The third-order valence-electron chi connectivity index (χ3n) is 2.74. The van der Waals surface area contributed by atoms with Gasteiger partial charge >= 0.3 is 0 Å². The predicted molar refractivity (Wildman–Crippen MR) is 56.2 cm³/mol. The minimum Gasteiger partial charge on any atom is -0.313 e. The molecule has 0 bridgehead atoms. The highest BCUT2D eigenvalue weighted by Gasteiger charge is 2.37. The molecule has 0 radical (unpaired) electrons. The van der Waals surface area contributed by atoms with Gasteiger partial charge in [-0.25, -0.2) is 0 Å². The van der Waals surface area contributed by atoms with Gasteiger partial charge in [-0.3, -0.25) is 4.39 Å². The van der Waals surface area contributed by atoms with Crippen LogP contribution in [0.4, 0.5) is 4.39 Å². The number of rotatable bonds is 5. The monoisotopic (exact) mass is 193 g/mol. The molecule has 1 N–H and O–H groups in total. The van der Waals surface area contributed by atoms with Gasteiger partial charge in [0.15, 0.2) is 0 Å². The highest BCUT2D eigenvalue weighted by atomic mass is 19.1. The Morgan fingerprint density at radius 3 is 2.79 bits per heavy atom. The van der Waals surface area contributed by atoms with E-state index in [1.807, 2.05) is 6.07 Å². The van der Waals surface area contributed by atoms with Crippen molar-refractivity contribution in [3.05, 3.63) is 35.9 Å². The second-order valence-electron chi connectivity index (χ2n) is 3.86. The van der Waals surface area contributed by atoms with Crippen molar-refractivity contribution < 1.29 is 4.39 Å². The maximum atomic E-state index is 11.8. The quantitative estimate of drug-likeness (QED) is 0.708. The molecule has 1 nitrogen and oxygen atoms in total. The zero-order chi connectivity index (χ0) is 9.80. The van der Waals surface area contributed by atoms with Crippen molar-refractivity contribution in [2.45, 2.75) is 24.8 Å². The van der Waals surface area contributed by atoms with Gasteiger partial charge in [-0.15, -0.1) is 0 Å². The Balaban J connectivity index is 1.76. The lowest BCUT2D eigenvalue weighted by atomic mass is 10.1. The van der Waals surface area contributed by atoms with Crippen LogP contribution < -0.4 is 5.32 Å². The third kappa shape index (κ3) is 2.32. The van der Waals surface area contributed by atoms with Gasteiger partial charge in [0.1, 0.15) is 0 Å². The van der Waals surface area contributed by atoms with E-state index in [1.165, 1.54) is 12.0 Å². The maximum Gasteiger partial charge on any atom is 0.0906 e. The summed E-state index contributed by atoms with van der Waals surface area (Å²) in [5.74, 6) is 0.663. The topological polar surface area (TPSA) is 12.0 Å². The smallest absolute Gasteiger partial charge is 0.0906 e. The lowest BCUT2D eigenvalue weighted by Gasteiger charge is -2.02. The second kappa shape index (κ2) is 4.56. The van der Waals surface area contributed by atoms with Crippen LogP contribution in [0.2, 0.25) is 0 Å². The molecule has 1 aromatic carbocycles. The van der Waals surface area contributed by atoms with Crippen LogP contribution in [0.25, 0.3) is 0 Å². The largest absolute Gasteiger partial charge is 0.313 e. The fraction of sp³-hybridized carbons (Fsp3) is 0.500. The van der Waals surface area contributed by atoms with E-state index in [0.717, 1.165) is 6.54 Å². The molecule has 14 heavy (non-hydrogen) atoms. The van der Waals surface area contributed by atoms with E-state index in [1.54, 1.807) is 0 Å². The molecule has 2 atom stereocenters. The van der Waals surface area contributed by atoms with E-state index in [2.05, 4.69) is 29.6 Å². The van der Waals surface area contributed by atoms with E-state index in [-0.39, 0.29) is 6.67 Å². The number of nitrogens with one attached hydrogen (secondary N) is 1. The molecule has 0 saturated heterocycles. The van der Waals surface area contributed by atoms with Gasteiger partial charge in [-0.1, -0.05) is 30.3 Å². The van der Waals surface area contributed by atoms with Crippen LogP contribution in [0.5, 0.6) is 0 Å². The Labute approximate surface area is 84.3 Å². The van der Waals surface area contributed by atoms with Crippen molar-refractivity contribution in [2.75, 3.05) is 13.2 Å². The fourth-order valence-electron chi connectivity index (χ4n) is 1.84. The maximum absolute atomic E-state index is 11.8. The molecule has 0 heterocycles. The van der Waals surface area contributed by atoms with Crippen LogP contribution in [0, 0.1) is 0 Å². The zero-order valence-corrected chi connectivity index (χ0v) is 8.25. The molecule has 76 valence electrons. The number of benzene rings is 1. The van der Waals surface area contributed by atoms with Crippen LogP contribution in [0.15, 0.2) is 30.3 Å². The lowest BCUT2D eigenvalue weighted by Crippen LogP contribution is -2.19. The van der Waals surface area contributed by atoms with Crippen molar-refractivity contribution >= 4 is 0 Å². The molecule has 1 saturated carbocycles. The van der Waals surface area contributed by atoms with Crippen molar-refractivity contribution in [1.82, 2.24) is 5.32 Å². The molecule has 0 aromatic heterocycles. The summed E-state index contributed by atoms with van der Waals surface area (Å²) in [5, 5.41) is 3.37. The highest BCUT2D eigenvalue weighted by molar-refractivity contribution is 5.27. The van der Waals surface area contributed by atoms with E-state index < -0.39 is 0 Å². The molecule has 2 rings (SSSR count). The third-order valence-corrected chi connectivity index (χ3v) is 2.74. The molecule has 1 aliphatic rings. The molecule has 1 aromatic rings. The molecule has 0 spiro atoms. The summed E-state index contributed by atoms with van der Waals surface area (Å²) in [6.45, 7) is 0.597. The molecule has 1 fully saturated rings. The Bertz CT molecular complexity index is 273. The number of halogens is 1. The van der Waals surface area contributed by atoms with Gasteiger partial charge in [0.25, 0.3) is 0 Å². The summed E-state index contributed by atoms with van der Waals surface area (Å²) in [6, 6.07) is 11.1. The van der Waals surface area contributed by atoms with E-state index in [4.69, 9.17) is 0 Å². The molecular formula is C12H16FN. The number of hydrogen-bond donors (Lipinski definition) is 1. The molecule has 2 unspecified atom stereocenters. The van der Waals surface area contributed by atoms with Gasteiger partial charge in [0.2, 0.25) is 0 Å². The molecular weight excluding hydrogens is 177 g/mol. The first kappa shape index (κ1) is 9.66. The summed E-state index contributed by atoms with van der Waals surface area (Å²) >= 11 is 0. The predicted octanol–water partition coefficient (Wildman–Crippen LogP) is 2.49. The SMILES string of the molecule is FCCCNC1CC1c1ccccc1. The minimum atomic E-state index is -0.213. The first-order valence-corrected chi connectivity index (χ1v) is 5.26. The Morgan fingerprint density at radius 1 is 1.29 bits per heavy atom. The lowest BCUT2D eigenvalue weighted by molar-refractivity contribution is 0.458. The molecule has 1 aliphatic carbocycles. The van der Waals surface area contributed by atoms with Crippen molar-refractivity contribution in [1.29, 1.82) is 0 Å². The summed E-state index contributed by atoms with van der Waals surface area (Å²) in [5.41, 5.74) is 1.41. The summed E-state index contributed by atoms with van der Waals surface area (Å²) in [6.07, 6.45) is 1.84. The first-order valence-electron chi connectivity index (χ1n) is 5.26. The van der Waals surface area contributed by atoms with Crippen molar-refractivity contribution in [3.63, 3.8) is 0 Å². The van der Waals surface area contributed by atoms with Gasteiger partial charge in [0, 0.05) is 12.0 Å². The molecule has 2 heteroatoms. The molecule has 0 amide bonds. The Morgan fingerprint density at radius 2 is 2.07 bits per heavy atom. The normalized spacial score (nSPS) is 24.9. The van der Waals surface area contributed by atoms with Gasteiger partial charge < -0.3 is 5.32 Å². The number of hydrogen-bond acceptors (Lipinski definition) is 1. The summed E-state index contributed by atoms with van der Waals surface area (Å²) < 4.78 is 11.8. The standard InChI is InChI=1S/C12H16FN/c13-7-4-8-14-12-9-11(12)10-5-2-1-3-6-10/h1-3,5-6,11-12,14H,4,7-9H2. The van der Waals surface area contributed by atoms with Crippen molar-refractivity contribution in [3.8, 4) is 0 Å². The van der Waals surface area contributed by atoms with Crippen molar-refractivity contribution in [2.24, 2.45) is 0 Å². The summed E-state index contributed by atoms with van der Waals surface area (Å²) in [7, 11) is 0. The van der Waals surface area contributed by atoms with Gasteiger partial charge in [-0.2, -0.15) is 0 Å². The van der Waals surface area contributed by atoms with E-state index >= 15 is 0 Å². The average Bonchev–Trinajstić information content (AvgIpc) is 2.99. The van der Waals surface area contributed by atoms with Crippen LogP contribution in [-0.4, -0.2) is 19.3 Å². The first-order chi connectivity index (χ1) is 6.92. The van der Waals surface area contributed by atoms with Gasteiger partial charge in [0.05, 0.1) is 6.67 Å². The number of alkyl halides is 1. The highest BCUT2D eigenvalue weighted by Crippen LogP contribution is 2.40. The fourth-order valence-corrected chi connectivity index (χ4v) is 1.84. The Kier molecular flexibility index (Phi) is 3.14. The summed E-state index contributed by atoms with van der Waals surface area (Å²) in [4.78, 5) is 0. The van der Waals surface area contributed by atoms with E-state index in [0.29, 0.717) is 18.4 Å². The second-order valence-corrected chi connectivity index (χ2v) is 3.86. The van der Waals surface area contributed by atoms with Crippen LogP contribution in [0.3, 0.4) is 0 Å². The average molecular weight is 193 g/mol. The van der Waals surface area contributed by atoms with Crippen LogP contribution in [0.1, 0.15) is 24.3 Å². The molecule has 0 aliphatic heterocycles. The zero-order valence-electron chi connectivity index (χ0n) is 8.25. The van der Waals surface area contributed by atoms with Crippen LogP contribution >= 0.6 is 0 Å². The van der Waals surface area contributed by atoms with Gasteiger partial charge in [-0.05, 0) is 24.9 Å². The Hall–Kier alpha value is -0.890. The minimum absolute atomic E-state index is 0.213. The van der Waals surface area contributed by atoms with E-state index in [9.17, 15) is 4.39 Å². The van der Waals surface area contributed by atoms with Crippen LogP contribution in [-0.2, 0) is 0 Å².